The zero-order valence-electron chi connectivity index (χ0n) is 9.05. The molecular formula is C10H21FN2. The Morgan fingerprint density at radius 2 is 2.00 bits per heavy atom. The Hall–Kier alpha value is -0.150. The average molecular weight is 188 g/mol. The summed E-state index contributed by atoms with van der Waals surface area (Å²) in [6, 6.07) is 0.221. The van der Waals surface area contributed by atoms with Crippen LogP contribution >= 0.6 is 0 Å². The van der Waals surface area contributed by atoms with E-state index in [1.165, 1.54) is 0 Å². The van der Waals surface area contributed by atoms with E-state index >= 15 is 0 Å². The third-order valence-corrected chi connectivity index (χ3v) is 2.83. The summed E-state index contributed by atoms with van der Waals surface area (Å²) in [6.07, 6.45) is -0.127. The lowest BCUT2D eigenvalue weighted by molar-refractivity contribution is 0.0723. The van der Waals surface area contributed by atoms with Gasteiger partial charge in [-0.3, -0.25) is 4.90 Å². The molecule has 13 heavy (non-hydrogen) atoms. The molecule has 1 rings (SSSR count). The van der Waals surface area contributed by atoms with E-state index in [-0.39, 0.29) is 11.6 Å². The van der Waals surface area contributed by atoms with E-state index in [0.29, 0.717) is 19.0 Å². The van der Waals surface area contributed by atoms with Gasteiger partial charge >= 0.3 is 0 Å². The maximum absolute atomic E-state index is 13.5. The molecule has 0 aromatic heterocycles. The zero-order valence-corrected chi connectivity index (χ0v) is 9.05. The lowest BCUT2D eigenvalue weighted by Gasteiger charge is -2.39. The molecule has 1 heterocycles. The van der Waals surface area contributed by atoms with E-state index in [0.717, 1.165) is 0 Å². The third-order valence-electron chi connectivity index (χ3n) is 2.83. The Labute approximate surface area is 80.3 Å². The predicted molar refractivity (Wildman–Crippen MR) is 53.4 cm³/mol. The van der Waals surface area contributed by atoms with Crippen LogP contribution in [0.3, 0.4) is 0 Å². The molecule has 0 aromatic rings. The molecule has 1 saturated heterocycles. The highest BCUT2D eigenvalue weighted by molar-refractivity contribution is 4.98. The van der Waals surface area contributed by atoms with Crippen molar-refractivity contribution < 1.29 is 4.39 Å². The molecule has 1 fully saturated rings. The van der Waals surface area contributed by atoms with Crippen LogP contribution in [0.5, 0.6) is 0 Å². The molecule has 3 atom stereocenters. The first-order valence-electron chi connectivity index (χ1n) is 5.00. The molecule has 0 bridgehead atoms. The SMILES string of the molecule is C[C@@H]1C[C@@H](F)[C@@H](CN)N1C(C)(C)C. The number of hydrogen-bond donors (Lipinski definition) is 1. The van der Waals surface area contributed by atoms with Crippen LogP contribution in [0.2, 0.25) is 0 Å². The smallest absolute Gasteiger partial charge is 0.118 e. The summed E-state index contributed by atoms with van der Waals surface area (Å²) in [5.74, 6) is 0. The van der Waals surface area contributed by atoms with Crippen molar-refractivity contribution in [1.29, 1.82) is 0 Å². The van der Waals surface area contributed by atoms with Crippen LogP contribution in [0.1, 0.15) is 34.1 Å². The zero-order chi connectivity index (χ0) is 10.2. The van der Waals surface area contributed by atoms with Crippen LogP contribution in [0.15, 0.2) is 0 Å². The molecular weight excluding hydrogens is 167 g/mol. The quantitative estimate of drug-likeness (QED) is 0.676. The van der Waals surface area contributed by atoms with Gasteiger partial charge in [-0.05, 0) is 34.1 Å². The number of alkyl halides is 1. The Morgan fingerprint density at radius 1 is 1.46 bits per heavy atom. The van der Waals surface area contributed by atoms with Crippen LogP contribution in [0.25, 0.3) is 0 Å². The number of hydrogen-bond acceptors (Lipinski definition) is 2. The van der Waals surface area contributed by atoms with Gasteiger partial charge < -0.3 is 5.73 Å². The molecule has 0 radical (unpaired) electrons. The Kier molecular flexibility index (Phi) is 2.98. The van der Waals surface area contributed by atoms with Gasteiger partial charge in [-0.1, -0.05) is 0 Å². The normalized spacial score (nSPS) is 36.9. The Bertz CT molecular complexity index is 176. The van der Waals surface area contributed by atoms with Crippen molar-refractivity contribution in [2.24, 2.45) is 5.73 Å². The topological polar surface area (TPSA) is 29.3 Å². The van der Waals surface area contributed by atoms with Gasteiger partial charge in [-0.25, -0.2) is 4.39 Å². The van der Waals surface area contributed by atoms with E-state index < -0.39 is 6.17 Å². The monoisotopic (exact) mass is 188 g/mol. The molecule has 78 valence electrons. The molecule has 0 amide bonds. The summed E-state index contributed by atoms with van der Waals surface area (Å²) in [7, 11) is 0. The van der Waals surface area contributed by atoms with Gasteiger partial charge in [0.2, 0.25) is 0 Å². The molecule has 2 nitrogen and oxygen atoms in total. The molecule has 0 aliphatic carbocycles. The minimum atomic E-state index is -0.751. The van der Waals surface area contributed by atoms with Crippen molar-refractivity contribution in [3.63, 3.8) is 0 Å². The van der Waals surface area contributed by atoms with Crippen molar-refractivity contribution in [3.8, 4) is 0 Å². The predicted octanol–water partition coefficient (Wildman–Crippen LogP) is 1.54. The summed E-state index contributed by atoms with van der Waals surface area (Å²) < 4.78 is 13.5. The van der Waals surface area contributed by atoms with E-state index in [9.17, 15) is 4.39 Å². The van der Waals surface area contributed by atoms with Crippen molar-refractivity contribution in [2.75, 3.05) is 6.54 Å². The molecule has 3 heteroatoms. The molecule has 2 N–H and O–H groups in total. The first kappa shape index (κ1) is 10.9. The van der Waals surface area contributed by atoms with Gasteiger partial charge in [-0.15, -0.1) is 0 Å². The minimum absolute atomic E-state index is 0.0181. The average Bonchev–Trinajstić information content (AvgIpc) is 2.23. The third kappa shape index (κ3) is 2.02. The highest BCUT2D eigenvalue weighted by atomic mass is 19.1. The molecule has 1 aliphatic heterocycles. The van der Waals surface area contributed by atoms with Crippen LogP contribution in [0, 0.1) is 0 Å². The molecule has 0 spiro atoms. The van der Waals surface area contributed by atoms with E-state index in [2.05, 4.69) is 32.6 Å². The van der Waals surface area contributed by atoms with Gasteiger partial charge in [-0.2, -0.15) is 0 Å². The van der Waals surface area contributed by atoms with Gasteiger partial charge in [0, 0.05) is 18.1 Å². The van der Waals surface area contributed by atoms with Gasteiger partial charge in [0.1, 0.15) is 6.17 Å². The maximum atomic E-state index is 13.5. The summed E-state index contributed by atoms with van der Waals surface area (Å²) >= 11 is 0. The summed E-state index contributed by atoms with van der Waals surface area (Å²) in [5, 5.41) is 0. The lowest BCUT2D eigenvalue weighted by atomic mass is 10.0. The number of nitrogens with zero attached hydrogens (tertiary/aromatic N) is 1. The molecule has 1 aliphatic rings. The highest BCUT2D eigenvalue weighted by Gasteiger charge is 2.43. The molecule has 0 unspecified atom stereocenters. The second-order valence-corrected chi connectivity index (χ2v) is 4.98. The van der Waals surface area contributed by atoms with Crippen molar-refractivity contribution in [1.82, 2.24) is 4.90 Å². The fraction of sp³-hybridized carbons (Fsp3) is 1.00. The lowest BCUT2D eigenvalue weighted by Crippen LogP contribution is -2.52. The number of nitrogens with two attached hydrogens (primary N) is 1. The van der Waals surface area contributed by atoms with Gasteiger partial charge in [0.15, 0.2) is 0 Å². The van der Waals surface area contributed by atoms with Gasteiger partial charge in [0.05, 0.1) is 6.04 Å². The number of rotatable bonds is 1. The first-order chi connectivity index (χ1) is 5.88. The Balaban J connectivity index is 2.81. The van der Waals surface area contributed by atoms with Crippen LogP contribution in [-0.2, 0) is 0 Å². The maximum Gasteiger partial charge on any atom is 0.118 e. The molecule has 0 aromatic carbocycles. The second-order valence-electron chi connectivity index (χ2n) is 4.98. The van der Waals surface area contributed by atoms with Crippen LogP contribution < -0.4 is 5.73 Å². The fourth-order valence-corrected chi connectivity index (χ4v) is 2.52. The fourth-order valence-electron chi connectivity index (χ4n) is 2.52. The largest absolute Gasteiger partial charge is 0.329 e. The molecule has 0 saturated carbocycles. The first-order valence-corrected chi connectivity index (χ1v) is 5.00. The van der Waals surface area contributed by atoms with Crippen LogP contribution in [0.4, 0.5) is 4.39 Å². The van der Waals surface area contributed by atoms with Crippen LogP contribution in [-0.4, -0.2) is 35.2 Å². The van der Waals surface area contributed by atoms with E-state index in [1.807, 2.05) is 0 Å². The van der Waals surface area contributed by atoms with E-state index in [4.69, 9.17) is 5.73 Å². The summed E-state index contributed by atoms with van der Waals surface area (Å²) in [5.41, 5.74) is 5.61. The van der Waals surface area contributed by atoms with E-state index in [1.54, 1.807) is 0 Å². The highest BCUT2D eigenvalue weighted by Crippen LogP contribution is 2.32. The standard InChI is InChI=1S/C10H21FN2/c1-7-5-8(11)9(6-12)13(7)10(2,3)4/h7-9H,5-6,12H2,1-4H3/t7-,8-,9-/m1/s1. The van der Waals surface area contributed by atoms with Crippen molar-refractivity contribution >= 4 is 0 Å². The second kappa shape index (κ2) is 3.54. The number of halogens is 1. The van der Waals surface area contributed by atoms with Gasteiger partial charge in [0.25, 0.3) is 0 Å². The summed E-state index contributed by atoms with van der Waals surface area (Å²) in [6.45, 7) is 8.84. The number of likely N-dealkylation sites (tertiary alicyclic amines) is 1. The Morgan fingerprint density at radius 3 is 2.31 bits per heavy atom. The minimum Gasteiger partial charge on any atom is -0.329 e. The van der Waals surface area contributed by atoms with Crippen molar-refractivity contribution in [2.45, 2.75) is 57.9 Å². The van der Waals surface area contributed by atoms with Crippen molar-refractivity contribution in [3.05, 3.63) is 0 Å². The summed E-state index contributed by atoms with van der Waals surface area (Å²) in [4.78, 5) is 2.21.